The van der Waals surface area contributed by atoms with Gasteiger partial charge in [-0.3, -0.25) is 14.4 Å². The molecular formula is C38H51ClN6O4. The molecule has 2 aromatic heterocycles. The Morgan fingerprint density at radius 2 is 1.69 bits per heavy atom. The molecule has 2 aliphatic carbocycles. The first-order valence-electron chi connectivity index (χ1n) is 18.0. The molecule has 0 radical (unpaired) electrons. The van der Waals surface area contributed by atoms with E-state index in [-0.39, 0.29) is 30.1 Å². The van der Waals surface area contributed by atoms with Gasteiger partial charge in [0.15, 0.2) is 0 Å². The molecular weight excluding hydrogens is 640 g/mol. The predicted molar refractivity (Wildman–Crippen MR) is 192 cm³/mol. The van der Waals surface area contributed by atoms with Gasteiger partial charge in [0, 0.05) is 62.6 Å². The van der Waals surface area contributed by atoms with E-state index >= 15 is 0 Å². The largest absolute Gasteiger partial charge is 0.495 e. The molecule has 3 fully saturated rings. The number of ether oxygens (including phenoxy) is 2. The SMILES string of the molecule is COc1ccc(C2CCC(CN(C(=O)C3CCC(OC(=O)N4CCN(C)CC4)CC3)c3cc(-c4cnn(C(C)C)c4)ccn3)CC2)cc1Cl. The van der Waals surface area contributed by atoms with Crippen LogP contribution in [0.3, 0.4) is 0 Å². The van der Waals surface area contributed by atoms with E-state index in [1.54, 1.807) is 18.2 Å². The van der Waals surface area contributed by atoms with E-state index in [4.69, 9.17) is 26.1 Å². The van der Waals surface area contributed by atoms with Gasteiger partial charge in [-0.25, -0.2) is 9.78 Å². The molecule has 2 amide bonds. The lowest BCUT2D eigenvalue weighted by Gasteiger charge is -2.36. The molecule has 0 bridgehead atoms. The van der Waals surface area contributed by atoms with Crippen LogP contribution in [0.2, 0.25) is 5.02 Å². The van der Waals surface area contributed by atoms with Crippen molar-refractivity contribution in [3.05, 3.63) is 59.5 Å². The molecule has 1 aromatic carbocycles. The minimum Gasteiger partial charge on any atom is -0.495 e. The Hall–Kier alpha value is -3.63. The van der Waals surface area contributed by atoms with Gasteiger partial charge in [0.2, 0.25) is 5.91 Å². The van der Waals surface area contributed by atoms with Crippen LogP contribution in [0.4, 0.5) is 10.6 Å². The highest BCUT2D eigenvalue weighted by atomic mass is 35.5. The first-order valence-corrected chi connectivity index (χ1v) is 18.4. The average molecular weight is 691 g/mol. The fourth-order valence-corrected chi connectivity index (χ4v) is 7.80. The summed E-state index contributed by atoms with van der Waals surface area (Å²) in [6.45, 7) is 7.95. The molecule has 3 aliphatic rings. The van der Waals surface area contributed by atoms with Gasteiger partial charge < -0.3 is 19.3 Å². The Morgan fingerprint density at radius 1 is 0.959 bits per heavy atom. The minimum atomic E-state index is -0.223. The van der Waals surface area contributed by atoms with Crippen molar-refractivity contribution in [1.82, 2.24) is 24.6 Å². The maximum atomic E-state index is 14.4. The van der Waals surface area contributed by atoms with Gasteiger partial charge >= 0.3 is 6.09 Å². The van der Waals surface area contributed by atoms with Crippen molar-refractivity contribution in [3.8, 4) is 16.9 Å². The third-order valence-corrected chi connectivity index (χ3v) is 11.0. The molecule has 0 unspecified atom stereocenters. The fourth-order valence-electron chi connectivity index (χ4n) is 7.54. The van der Waals surface area contributed by atoms with Crippen molar-refractivity contribution in [2.45, 2.75) is 83.3 Å². The number of hydrogen-bond donors (Lipinski definition) is 0. The Morgan fingerprint density at radius 3 is 2.35 bits per heavy atom. The highest BCUT2D eigenvalue weighted by Gasteiger charge is 2.35. The normalized spacial score (nSPS) is 23.3. The number of methoxy groups -OCH3 is 1. The molecule has 1 aliphatic heterocycles. The van der Waals surface area contributed by atoms with Gasteiger partial charge in [-0.1, -0.05) is 17.7 Å². The van der Waals surface area contributed by atoms with Crippen LogP contribution in [0.25, 0.3) is 11.1 Å². The molecule has 49 heavy (non-hydrogen) atoms. The summed E-state index contributed by atoms with van der Waals surface area (Å²) in [5, 5.41) is 5.18. The average Bonchev–Trinajstić information content (AvgIpc) is 3.63. The van der Waals surface area contributed by atoms with Crippen molar-refractivity contribution in [2.24, 2.45) is 11.8 Å². The second-order valence-electron chi connectivity index (χ2n) is 14.4. The number of amides is 2. The quantitative estimate of drug-likeness (QED) is 0.230. The van der Waals surface area contributed by atoms with Gasteiger partial charge in [-0.15, -0.1) is 0 Å². The lowest BCUT2D eigenvalue weighted by molar-refractivity contribution is -0.124. The highest BCUT2D eigenvalue weighted by Crippen LogP contribution is 2.40. The molecule has 0 spiro atoms. The van der Waals surface area contributed by atoms with Crippen molar-refractivity contribution >= 4 is 29.4 Å². The van der Waals surface area contributed by atoms with Crippen LogP contribution < -0.4 is 9.64 Å². The van der Waals surface area contributed by atoms with Crippen molar-refractivity contribution in [1.29, 1.82) is 0 Å². The number of carbonyl (C=O) groups excluding carboxylic acids is 2. The van der Waals surface area contributed by atoms with E-state index in [0.29, 0.717) is 73.7 Å². The third-order valence-electron chi connectivity index (χ3n) is 10.7. The van der Waals surface area contributed by atoms with Crippen LogP contribution >= 0.6 is 11.6 Å². The monoisotopic (exact) mass is 690 g/mol. The van der Waals surface area contributed by atoms with Gasteiger partial charge in [0.1, 0.15) is 17.7 Å². The topological polar surface area (TPSA) is 93.0 Å². The van der Waals surface area contributed by atoms with E-state index < -0.39 is 0 Å². The predicted octanol–water partition coefficient (Wildman–Crippen LogP) is 7.44. The zero-order valence-corrected chi connectivity index (χ0v) is 30.1. The van der Waals surface area contributed by atoms with E-state index in [1.807, 2.05) is 46.2 Å². The molecule has 0 atom stereocenters. The number of pyridine rings is 1. The molecule has 1 saturated heterocycles. The molecule has 0 N–H and O–H groups in total. The number of rotatable bonds is 9. The Bertz CT molecular complexity index is 1570. The van der Waals surface area contributed by atoms with Crippen LogP contribution in [0.5, 0.6) is 5.75 Å². The first-order chi connectivity index (χ1) is 23.7. The molecule has 3 heterocycles. The van der Waals surface area contributed by atoms with Crippen molar-refractivity contribution in [2.75, 3.05) is 51.8 Å². The van der Waals surface area contributed by atoms with Crippen LogP contribution in [0.15, 0.2) is 48.9 Å². The van der Waals surface area contributed by atoms with Gasteiger partial charge in [-0.05, 0) is 119 Å². The number of carbonyl (C=O) groups is 2. The van der Waals surface area contributed by atoms with Gasteiger partial charge in [-0.2, -0.15) is 5.10 Å². The fraction of sp³-hybridized carbons (Fsp3) is 0.579. The summed E-state index contributed by atoms with van der Waals surface area (Å²) >= 11 is 6.46. The van der Waals surface area contributed by atoms with E-state index in [1.165, 1.54) is 5.56 Å². The number of nitrogens with zero attached hydrogens (tertiary/aromatic N) is 6. The molecule has 3 aromatic rings. The molecule has 6 rings (SSSR count). The van der Waals surface area contributed by atoms with Crippen LogP contribution in [-0.4, -0.2) is 89.5 Å². The van der Waals surface area contributed by atoms with Crippen LogP contribution in [0.1, 0.15) is 82.7 Å². The Balaban J connectivity index is 1.14. The Labute approximate surface area is 295 Å². The van der Waals surface area contributed by atoms with Gasteiger partial charge in [0.05, 0.1) is 18.3 Å². The minimum absolute atomic E-state index is 0.121. The number of halogens is 1. The number of piperazine rings is 1. The lowest BCUT2D eigenvalue weighted by Crippen LogP contribution is -2.48. The summed E-state index contributed by atoms with van der Waals surface area (Å²) in [5.41, 5.74) is 3.25. The van der Waals surface area contributed by atoms with E-state index in [0.717, 1.165) is 49.9 Å². The summed E-state index contributed by atoms with van der Waals surface area (Å²) in [5.74, 6) is 2.17. The second-order valence-corrected chi connectivity index (χ2v) is 14.8. The number of hydrogen-bond acceptors (Lipinski definition) is 7. The second kappa shape index (κ2) is 15.9. The summed E-state index contributed by atoms with van der Waals surface area (Å²) in [6.07, 6.45) is 12.3. The summed E-state index contributed by atoms with van der Waals surface area (Å²) in [7, 11) is 3.71. The maximum absolute atomic E-state index is 14.4. The highest BCUT2D eigenvalue weighted by molar-refractivity contribution is 6.32. The molecule has 2 saturated carbocycles. The lowest BCUT2D eigenvalue weighted by atomic mass is 9.78. The van der Waals surface area contributed by atoms with E-state index in [2.05, 4.69) is 37.0 Å². The van der Waals surface area contributed by atoms with Gasteiger partial charge in [0.25, 0.3) is 0 Å². The number of anilines is 1. The molecule has 264 valence electrons. The smallest absolute Gasteiger partial charge is 0.410 e. The summed E-state index contributed by atoms with van der Waals surface area (Å²) in [6, 6.07) is 10.4. The zero-order chi connectivity index (χ0) is 34.5. The number of aromatic nitrogens is 3. The molecule has 11 heteroatoms. The molecule has 10 nitrogen and oxygen atoms in total. The summed E-state index contributed by atoms with van der Waals surface area (Å²) in [4.78, 5) is 38.0. The van der Waals surface area contributed by atoms with Crippen LogP contribution in [-0.2, 0) is 9.53 Å². The van der Waals surface area contributed by atoms with Crippen LogP contribution in [0, 0.1) is 11.8 Å². The number of benzene rings is 1. The zero-order valence-electron chi connectivity index (χ0n) is 29.4. The standard InChI is InChI=1S/C38H51ClN6O4/c1-26(2)45-25-32(23-41-45)31-15-16-40-36(22-31)44(24-27-5-7-28(8-6-27)30-11-14-35(48-4)34(39)21-30)37(46)29-9-12-33(13-10-29)49-38(47)43-19-17-42(3)18-20-43/h11,14-16,21-23,25-29,33H,5-10,12-13,17-20,24H2,1-4H3. The van der Waals surface area contributed by atoms with E-state index in [9.17, 15) is 9.59 Å². The van der Waals surface area contributed by atoms with Crippen molar-refractivity contribution < 1.29 is 19.1 Å². The third kappa shape index (κ3) is 8.58. The Kier molecular flexibility index (Phi) is 11.4. The first kappa shape index (κ1) is 35.2. The maximum Gasteiger partial charge on any atom is 0.410 e. The number of likely N-dealkylation sites (N-methyl/N-ethyl adjacent to an activating group) is 1. The van der Waals surface area contributed by atoms with Crippen molar-refractivity contribution in [3.63, 3.8) is 0 Å². The summed E-state index contributed by atoms with van der Waals surface area (Å²) < 4.78 is 13.2.